The molecule has 2 N–H and O–H groups in total. The van der Waals surface area contributed by atoms with Crippen LogP contribution in [0.25, 0.3) is 0 Å². The lowest BCUT2D eigenvalue weighted by atomic mass is 10.3. The molecule has 20 heavy (non-hydrogen) atoms. The Hall–Kier alpha value is -1.65. The predicted octanol–water partition coefficient (Wildman–Crippen LogP) is 0.0235. The Morgan fingerprint density at radius 3 is 2.95 bits per heavy atom. The second kappa shape index (κ2) is 8.51. The van der Waals surface area contributed by atoms with Gasteiger partial charge in [0.1, 0.15) is 19.0 Å². The lowest BCUT2D eigenvalue weighted by Crippen LogP contribution is -2.32. The fourth-order valence-electron chi connectivity index (χ4n) is 1.41. The summed E-state index contributed by atoms with van der Waals surface area (Å²) in [6, 6.07) is 0. The van der Waals surface area contributed by atoms with Crippen LogP contribution in [0.4, 0.5) is 14.5 Å². The molecule has 1 heterocycles. The number of rotatable bonds is 10. The van der Waals surface area contributed by atoms with Gasteiger partial charge in [-0.3, -0.25) is 14.8 Å². The van der Waals surface area contributed by atoms with Crippen molar-refractivity contribution >= 4 is 5.69 Å². The average molecular weight is 294 g/mol. The number of halogens is 2. The lowest BCUT2D eigenvalue weighted by molar-refractivity contribution is -0.385. The number of alkyl halides is 2. The Balaban J connectivity index is 2.13. The highest BCUT2D eigenvalue weighted by atomic mass is 19.3. The van der Waals surface area contributed by atoms with Gasteiger partial charge in [-0.25, -0.2) is 8.78 Å². The van der Waals surface area contributed by atoms with Crippen molar-refractivity contribution in [1.29, 1.82) is 0 Å². The van der Waals surface area contributed by atoms with Crippen LogP contribution in [0, 0.1) is 10.1 Å². The summed E-state index contributed by atoms with van der Waals surface area (Å²) in [5.41, 5.74) is -0.148. The molecule has 114 valence electrons. The predicted molar refractivity (Wildman–Crippen MR) is 64.6 cm³/mol. The number of nitrogens with zero attached hydrogens (tertiary/aromatic N) is 3. The zero-order chi connectivity index (χ0) is 15.0. The summed E-state index contributed by atoms with van der Waals surface area (Å²) in [4.78, 5) is 9.86. The number of ether oxygens (including phenoxy) is 1. The van der Waals surface area contributed by atoms with E-state index in [-0.39, 0.29) is 25.4 Å². The fraction of sp³-hybridized carbons (Fsp3) is 0.700. The third kappa shape index (κ3) is 6.50. The van der Waals surface area contributed by atoms with Crippen LogP contribution in [0.2, 0.25) is 0 Å². The molecule has 0 aliphatic heterocycles. The van der Waals surface area contributed by atoms with E-state index in [1.54, 1.807) is 0 Å². The van der Waals surface area contributed by atoms with Crippen LogP contribution in [0.3, 0.4) is 0 Å². The molecule has 1 unspecified atom stereocenters. The van der Waals surface area contributed by atoms with E-state index in [1.165, 1.54) is 10.9 Å². The van der Waals surface area contributed by atoms with Gasteiger partial charge < -0.3 is 15.2 Å². The summed E-state index contributed by atoms with van der Waals surface area (Å²) in [5, 5.41) is 26.6. The molecule has 0 aromatic carbocycles. The summed E-state index contributed by atoms with van der Waals surface area (Å²) in [5.74, 6) is 0. The van der Waals surface area contributed by atoms with E-state index in [0.717, 1.165) is 6.20 Å². The molecule has 0 fully saturated rings. The summed E-state index contributed by atoms with van der Waals surface area (Å²) in [6.07, 6.45) is -0.978. The smallest absolute Gasteiger partial charge is 0.306 e. The van der Waals surface area contributed by atoms with Gasteiger partial charge in [-0.15, -0.1) is 0 Å². The van der Waals surface area contributed by atoms with Crippen LogP contribution >= 0.6 is 0 Å². The number of aliphatic hydroxyl groups excluding tert-OH is 1. The van der Waals surface area contributed by atoms with Gasteiger partial charge in [-0.1, -0.05) is 0 Å². The van der Waals surface area contributed by atoms with E-state index in [4.69, 9.17) is 0 Å². The van der Waals surface area contributed by atoms with E-state index in [2.05, 4.69) is 15.2 Å². The molecule has 10 heteroatoms. The van der Waals surface area contributed by atoms with E-state index < -0.39 is 24.1 Å². The van der Waals surface area contributed by atoms with E-state index in [0.29, 0.717) is 6.54 Å². The van der Waals surface area contributed by atoms with Crippen molar-refractivity contribution in [2.45, 2.75) is 19.1 Å². The molecule has 0 aliphatic carbocycles. The zero-order valence-corrected chi connectivity index (χ0v) is 10.6. The van der Waals surface area contributed by atoms with Gasteiger partial charge in [0.15, 0.2) is 0 Å². The summed E-state index contributed by atoms with van der Waals surface area (Å²) >= 11 is 0. The summed E-state index contributed by atoms with van der Waals surface area (Å²) in [7, 11) is 0. The quantitative estimate of drug-likeness (QED) is 0.358. The van der Waals surface area contributed by atoms with Crippen molar-refractivity contribution in [2.24, 2.45) is 0 Å². The van der Waals surface area contributed by atoms with Gasteiger partial charge in [0.25, 0.3) is 6.43 Å². The Kier molecular flexibility index (Phi) is 6.98. The van der Waals surface area contributed by atoms with Crippen molar-refractivity contribution in [3.63, 3.8) is 0 Å². The summed E-state index contributed by atoms with van der Waals surface area (Å²) < 4.78 is 29.4. The second-order valence-electron chi connectivity index (χ2n) is 4.00. The van der Waals surface area contributed by atoms with Crippen molar-refractivity contribution in [1.82, 2.24) is 15.1 Å². The van der Waals surface area contributed by atoms with E-state index >= 15 is 0 Å². The minimum absolute atomic E-state index is 0.0960. The first-order valence-electron chi connectivity index (χ1n) is 5.90. The van der Waals surface area contributed by atoms with Gasteiger partial charge >= 0.3 is 5.69 Å². The highest BCUT2D eigenvalue weighted by Crippen LogP contribution is 2.07. The van der Waals surface area contributed by atoms with Gasteiger partial charge in [0, 0.05) is 13.1 Å². The zero-order valence-electron chi connectivity index (χ0n) is 10.6. The van der Waals surface area contributed by atoms with Crippen LogP contribution in [-0.2, 0) is 11.3 Å². The average Bonchev–Trinajstić information content (AvgIpc) is 2.81. The molecular formula is C10H16F2N4O4. The molecule has 0 bridgehead atoms. The van der Waals surface area contributed by atoms with E-state index in [1.807, 2.05) is 0 Å². The first-order chi connectivity index (χ1) is 9.49. The van der Waals surface area contributed by atoms with Gasteiger partial charge in [-0.05, 0) is 0 Å². The van der Waals surface area contributed by atoms with Crippen molar-refractivity contribution in [3.8, 4) is 0 Å². The Labute approximate surface area is 113 Å². The number of aliphatic hydroxyl groups is 1. The van der Waals surface area contributed by atoms with Crippen molar-refractivity contribution in [3.05, 3.63) is 22.5 Å². The third-order valence-electron chi connectivity index (χ3n) is 2.28. The van der Waals surface area contributed by atoms with Crippen LogP contribution in [0.15, 0.2) is 12.4 Å². The van der Waals surface area contributed by atoms with E-state index in [9.17, 15) is 24.0 Å². The molecule has 1 aromatic heterocycles. The normalized spacial score (nSPS) is 12.8. The van der Waals surface area contributed by atoms with Gasteiger partial charge in [0.2, 0.25) is 0 Å². The molecular weight excluding hydrogens is 278 g/mol. The van der Waals surface area contributed by atoms with Crippen molar-refractivity contribution in [2.75, 3.05) is 26.3 Å². The molecule has 0 saturated heterocycles. The molecule has 1 atom stereocenters. The molecule has 1 aromatic rings. The molecule has 8 nitrogen and oxygen atoms in total. The molecule has 0 spiro atoms. The van der Waals surface area contributed by atoms with Gasteiger partial charge in [-0.2, -0.15) is 5.10 Å². The maximum absolute atomic E-state index is 11.7. The summed E-state index contributed by atoms with van der Waals surface area (Å²) in [6.45, 7) is 0.124. The van der Waals surface area contributed by atoms with Crippen molar-refractivity contribution < 1.29 is 23.5 Å². The topological polar surface area (TPSA) is 102 Å². The minimum Gasteiger partial charge on any atom is -0.390 e. The highest BCUT2D eigenvalue weighted by molar-refractivity contribution is 5.20. The Morgan fingerprint density at radius 2 is 2.35 bits per heavy atom. The maximum atomic E-state index is 11.7. The number of hydrogen-bond donors (Lipinski definition) is 2. The second-order valence-corrected chi connectivity index (χ2v) is 4.00. The number of aromatic nitrogens is 2. The monoisotopic (exact) mass is 294 g/mol. The first kappa shape index (κ1) is 16.4. The lowest BCUT2D eigenvalue weighted by Gasteiger charge is -2.11. The third-order valence-corrected chi connectivity index (χ3v) is 2.28. The molecule has 0 radical (unpaired) electrons. The maximum Gasteiger partial charge on any atom is 0.306 e. The van der Waals surface area contributed by atoms with Crippen LogP contribution in [-0.4, -0.2) is 58.6 Å². The van der Waals surface area contributed by atoms with Crippen LogP contribution in [0.1, 0.15) is 0 Å². The van der Waals surface area contributed by atoms with Crippen LogP contribution in [0.5, 0.6) is 0 Å². The number of nitro groups is 1. The molecule has 0 saturated carbocycles. The minimum atomic E-state index is -2.49. The van der Waals surface area contributed by atoms with Gasteiger partial charge in [0.05, 0.1) is 24.2 Å². The SMILES string of the molecule is O=[N+]([O-])c1cnn(CC(O)CNCCOCC(F)F)c1. The van der Waals surface area contributed by atoms with Crippen LogP contribution < -0.4 is 5.32 Å². The fourth-order valence-corrected chi connectivity index (χ4v) is 1.41. The largest absolute Gasteiger partial charge is 0.390 e. The first-order valence-corrected chi connectivity index (χ1v) is 5.90. The highest BCUT2D eigenvalue weighted by Gasteiger charge is 2.11. The molecule has 1 rings (SSSR count). The number of hydrogen-bond acceptors (Lipinski definition) is 6. The standard InChI is InChI=1S/C10H16F2N4O4/c11-10(12)7-20-2-1-13-4-9(17)6-15-5-8(3-14-15)16(18)19/h3,5,9-10,13,17H,1-2,4,6-7H2. The molecule has 0 amide bonds. The Bertz CT molecular complexity index is 416. The Morgan fingerprint density at radius 1 is 1.60 bits per heavy atom. The number of nitrogens with one attached hydrogen (secondary N) is 1. The molecule has 0 aliphatic rings.